The van der Waals surface area contributed by atoms with E-state index in [2.05, 4.69) is 5.10 Å². The minimum absolute atomic E-state index is 0.0338. The molecule has 21 heavy (non-hydrogen) atoms. The monoisotopic (exact) mass is 325 g/mol. The predicted molar refractivity (Wildman–Crippen MR) is 68.6 cm³/mol. The van der Waals surface area contributed by atoms with Crippen LogP contribution < -0.4 is 0 Å². The lowest BCUT2D eigenvalue weighted by molar-refractivity contribution is -0.248. The Balaban J connectivity index is 1.95. The summed E-state index contributed by atoms with van der Waals surface area (Å²) in [6, 6.07) is 0. The van der Waals surface area contributed by atoms with E-state index in [-0.39, 0.29) is 38.4 Å². The van der Waals surface area contributed by atoms with E-state index in [9.17, 15) is 18.0 Å². The van der Waals surface area contributed by atoms with Crippen molar-refractivity contribution in [2.75, 3.05) is 19.7 Å². The Kier molecular flexibility index (Phi) is 4.48. The quantitative estimate of drug-likeness (QED) is 0.920. The summed E-state index contributed by atoms with van der Waals surface area (Å²) in [5.74, 6) is -0.316. The number of piperidine rings is 1. The molecule has 5 nitrogen and oxygen atoms in total. The molecule has 0 atom stereocenters. The van der Waals surface area contributed by atoms with Gasteiger partial charge in [-0.05, 0) is 12.8 Å². The van der Waals surface area contributed by atoms with Crippen molar-refractivity contribution in [1.29, 1.82) is 0 Å². The first kappa shape index (κ1) is 16.1. The third-order valence-electron chi connectivity index (χ3n) is 3.88. The maximum Gasteiger partial charge on any atom is 0.396 e. The van der Waals surface area contributed by atoms with Crippen LogP contribution in [-0.4, -0.2) is 51.6 Å². The molecule has 1 aromatic rings. The molecule has 0 saturated carbocycles. The summed E-state index contributed by atoms with van der Waals surface area (Å²) < 4.78 is 40.3. The summed E-state index contributed by atoms with van der Waals surface area (Å²) >= 11 is 5.67. The second-order valence-electron chi connectivity index (χ2n) is 5.17. The topological polar surface area (TPSA) is 58.4 Å². The number of halogens is 4. The summed E-state index contributed by atoms with van der Waals surface area (Å²) in [5, 5.41) is 13.3. The highest BCUT2D eigenvalue weighted by Crippen LogP contribution is 2.45. The fraction of sp³-hybridized carbons (Fsp3) is 0.667. The summed E-state index contributed by atoms with van der Waals surface area (Å²) in [6.07, 6.45) is -2.20. The lowest BCUT2D eigenvalue weighted by atomic mass is 9.78. The van der Waals surface area contributed by atoms with E-state index in [1.807, 2.05) is 0 Å². The second kappa shape index (κ2) is 5.84. The van der Waals surface area contributed by atoms with Gasteiger partial charge in [-0.25, -0.2) is 0 Å². The smallest absolute Gasteiger partial charge is 0.395 e. The second-order valence-corrected chi connectivity index (χ2v) is 5.61. The van der Waals surface area contributed by atoms with Crippen molar-refractivity contribution in [2.24, 2.45) is 5.41 Å². The normalized spacial score (nSPS) is 18.8. The fourth-order valence-corrected chi connectivity index (χ4v) is 2.54. The summed E-state index contributed by atoms with van der Waals surface area (Å²) in [4.78, 5) is 13.4. The Bertz CT molecular complexity index is 510. The predicted octanol–water partition coefficient (Wildman–Crippen LogP) is 1.70. The van der Waals surface area contributed by atoms with Crippen molar-refractivity contribution in [3.8, 4) is 0 Å². The lowest BCUT2D eigenvalue weighted by Gasteiger charge is -2.41. The van der Waals surface area contributed by atoms with Gasteiger partial charge in [-0.1, -0.05) is 11.6 Å². The number of nitrogens with zero attached hydrogens (tertiary/aromatic N) is 3. The number of carbonyl (C=O) groups is 1. The average molecular weight is 326 g/mol. The summed E-state index contributed by atoms with van der Waals surface area (Å²) in [6.45, 7) is -1.08. The summed E-state index contributed by atoms with van der Waals surface area (Å²) in [7, 11) is 0. The molecule has 1 aromatic heterocycles. The minimum Gasteiger partial charge on any atom is -0.395 e. The van der Waals surface area contributed by atoms with Gasteiger partial charge in [0, 0.05) is 19.3 Å². The molecule has 1 aliphatic rings. The number of likely N-dealkylation sites (tertiary alicyclic amines) is 1. The highest BCUT2D eigenvalue weighted by Gasteiger charge is 2.55. The molecule has 9 heteroatoms. The molecule has 1 saturated heterocycles. The lowest BCUT2D eigenvalue weighted by Crippen LogP contribution is -2.52. The van der Waals surface area contributed by atoms with Crippen molar-refractivity contribution in [2.45, 2.75) is 25.6 Å². The van der Waals surface area contributed by atoms with Gasteiger partial charge in [-0.15, -0.1) is 0 Å². The molecule has 0 radical (unpaired) electrons. The standard InChI is InChI=1S/C12H15ClF3N3O2/c13-9-5-17-19(6-9)7-10(21)18-3-1-11(8-20,2-4-18)12(14,15)16/h5-6,20H,1-4,7-8H2. The minimum atomic E-state index is -4.47. The first-order chi connectivity index (χ1) is 9.77. The molecule has 0 aliphatic carbocycles. The first-order valence-electron chi connectivity index (χ1n) is 6.41. The molecule has 118 valence electrons. The molecular formula is C12H15ClF3N3O2. The Hall–Kier alpha value is -1.28. The molecule has 2 rings (SSSR count). The maximum atomic E-state index is 13.0. The number of hydrogen-bond acceptors (Lipinski definition) is 3. The van der Waals surface area contributed by atoms with E-state index in [1.54, 1.807) is 0 Å². The molecule has 0 aromatic carbocycles. The molecule has 0 spiro atoms. The van der Waals surface area contributed by atoms with Crippen LogP contribution in [0.2, 0.25) is 5.02 Å². The zero-order valence-electron chi connectivity index (χ0n) is 11.1. The third kappa shape index (κ3) is 3.32. The van der Waals surface area contributed by atoms with Crippen molar-refractivity contribution < 1.29 is 23.1 Å². The van der Waals surface area contributed by atoms with Crippen LogP contribution in [0.3, 0.4) is 0 Å². The number of alkyl halides is 3. The molecular weight excluding hydrogens is 311 g/mol. The van der Waals surface area contributed by atoms with Crippen LogP contribution in [0, 0.1) is 5.41 Å². The highest BCUT2D eigenvalue weighted by atomic mass is 35.5. The van der Waals surface area contributed by atoms with E-state index in [4.69, 9.17) is 16.7 Å². The Morgan fingerprint density at radius 3 is 2.48 bits per heavy atom. The van der Waals surface area contributed by atoms with Crippen LogP contribution in [0.5, 0.6) is 0 Å². The van der Waals surface area contributed by atoms with E-state index in [0.717, 1.165) is 0 Å². The fourth-order valence-electron chi connectivity index (χ4n) is 2.38. The number of amides is 1. The molecule has 1 N–H and O–H groups in total. The molecule has 0 unspecified atom stereocenters. The van der Waals surface area contributed by atoms with Gasteiger partial charge in [0.25, 0.3) is 0 Å². The Labute approximate surface area is 124 Å². The zero-order valence-corrected chi connectivity index (χ0v) is 11.9. The van der Waals surface area contributed by atoms with Crippen LogP contribution in [0.25, 0.3) is 0 Å². The van der Waals surface area contributed by atoms with Gasteiger partial charge in [-0.2, -0.15) is 18.3 Å². The number of rotatable bonds is 3. The third-order valence-corrected chi connectivity index (χ3v) is 4.07. The Morgan fingerprint density at radius 2 is 2.05 bits per heavy atom. The van der Waals surface area contributed by atoms with Gasteiger partial charge in [0.15, 0.2) is 0 Å². The van der Waals surface area contributed by atoms with Gasteiger partial charge < -0.3 is 10.0 Å². The zero-order chi connectivity index (χ0) is 15.7. The van der Waals surface area contributed by atoms with E-state index in [1.165, 1.54) is 22.0 Å². The number of aliphatic hydroxyl groups excluding tert-OH is 1. The van der Waals surface area contributed by atoms with Gasteiger partial charge >= 0.3 is 6.18 Å². The van der Waals surface area contributed by atoms with Crippen LogP contribution in [0.15, 0.2) is 12.4 Å². The van der Waals surface area contributed by atoms with Crippen LogP contribution in [0.4, 0.5) is 13.2 Å². The van der Waals surface area contributed by atoms with Crippen LogP contribution in [0.1, 0.15) is 12.8 Å². The van der Waals surface area contributed by atoms with E-state index < -0.39 is 18.2 Å². The maximum absolute atomic E-state index is 13.0. The molecule has 0 bridgehead atoms. The molecule has 1 fully saturated rings. The average Bonchev–Trinajstić information content (AvgIpc) is 2.83. The van der Waals surface area contributed by atoms with E-state index in [0.29, 0.717) is 5.02 Å². The Morgan fingerprint density at radius 1 is 1.43 bits per heavy atom. The van der Waals surface area contributed by atoms with Gasteiger partial charge in [0.05, 0.1) is 23.2 Å². The van der Waals surface area contributed by atoms with Gasteiger partial charge in [0.2, 0.25) is 5.91 Å². The van der Waals surface area contributed by atoms with Gasteiger partial charge in [0.1, 0.15) is 6.54 Å². The number of hydrogen-bond donors (Lipinski definition) is 1. The van der Waals surface area contributed by atoms with E-state index >= 15 is 0 Å². The molecule has 1 amide bonds. The van der Waals surface area contributed by atoms with Crippen LogP contribution >= 0.6 is 11.6 Å². The molecule has 2 heterocycles. The first-order valence-corrected chi connectivity index (χ1v) is 6.78. The number of aliphatic hydroxyl groups is 1. The number of carbonyl (C=O) groups excluding carboxylic acids is 1. The largest absolute Gasteiger partial charge is 0.396 e. The van der Waals surface area contributed by atoms with Crippen LogP contribution in [-0.2, 0) is 11.3 Å². The van der Waals surface area contributed by atoms with Crippen molar-refractivity contribution in [1.82, 2.24) is 14.7 Å². The van der Waals surface area contributed by atoms with Crippen molar-refractivity contribution >= 4 is 17.5 Å². The van der Waals surface area contributed by atoms with Crippen molar-refractivity contribution in [3.63, 3.8) is 0 Å². The number of aromatic nitrogens is 2. The highest BCUT2D eigenvalue weighted by molar-refractivity contribution is 6.30. The molecule has 1 aliphatic heterocycles. The SMILES string of the molecule is O=C(Cn1cc(Cl)cn1)N1CCC(CO)(C(F)(F)F)CC1. The van der Waals surface area contributed by atoms with Crippen molar-refractivity contribution in [3.05, 3.63) is 17.4 Å². The summed E-state index contributed by atoms with van der Waals surface area (Å²) in [5.41, 5.74) is -2.10. The van der Waals surface area contributed by atoms with Gasteiger partial charge in [-0.3, -0.25) is 9.48 Å².